The maximum Gasteiger partial charge on any atom is 0.253 e. The van der Waals surface area contributed by atoms with E-state index in [2.05, 4.69) is 29.1 Å². The molecule has 2 rings (SSSR count). The molecular formula is C19H20N2O2S. The second kappa shape index (κ2) is 9.64. The molecule has 2 aromatic rings. The smallest absolute Gasteiger partial charge is 0.253 e. The highest BCUT2D eigenvalue weighted by atomic mass is 32.2. The lowest BCUT2D eigenvalue weighted by Crippen LogP contribution is -2.24. The lowest BCUT2D eigenvalue weighted by Gasteiger charge is -2.07. The number of benzene rings is 1. The Morgan fingerprint density at radius 2 is 2.08 bits per heavy atom. The number of hydrogen-bond acceptors (Lipinski definition) is 4. The third-order valence-corrected chi connectivity index (χ3v) is 4.04. The molecule has 1 heterocycles. The molecule has 0 fully saturated rings. The molecule has 0 spiro atoms. The summed E-state index contributed by atoms with van der Waals surface area (Å²) in [4.78, 5) is 17.3. The molecule has 1 amide bonds. The molecule has 0 aliphatic rings. The molecule has 0 bridgehead atoms. The number of hydrogen-bond donors (Lipinski definition) is 1. The minimum absolute atomic E-state index is 0.107. The number of thioether (sulfide) groups is 1. The zero-order valence-corrected chi connectivity index (χ0v) is 14.7. The summed E-state index contributed by atoms with van der Waals surface area (Å²) in [5, 5.41) is 2.81. The summed E-state index contributed by atoms with van der Waals surface area (Å²) in [5.41, 5.74) is 1.63. The van der Waals surface area contributed by atoms with E-state index >= 15 is 0 Å². The van der Waals surface area contributed by atoms with E-state index in [1.807, 2.05) is 43.3 Å². The fourth-order valence-electron chi connectivity index (χ4n) is 1.93. The van der Waals surface area contributed by atoms with Crippen LogP contribution < -0.4 is 10.1 Å². The Bertz CT molecular complexity index is 733. The van der Waals surface area contributed by atoms with Crippen molar-refractivity contribution in [2.75, 3.05) is 18.9 Å². The summed E-state index contributed by atoms with van der Waals surface area (Å²) in [6.07, 6.45) is 1.67. The SMILES string of the molecule is CCSc1ccccc1C(=O)NCC#CCOc1ccc(C)nc1. The number of rotatable bonds is 6. The van der Waals surface area contributed by atoms with Gasteiger partial charge in [0.1, 0.15) is 12.4 Å². The van der Waals surface area contributed by atoms with Gasteiger partial charge in [0.05, 0.1) is 18.3 Å². The number of carbonyl (C=O) groups excluding carboxylic acids is 1. The number of carbonyl (C=O) groups is 1. The summed E-state index contributed by atoms with van der Waals surface area (Å²) in [7, 11) is 0. The van der Waals surface area contributed by atoms with Crippen molar-refractivity contribution < 1.29 is 9.53 Å². The molecule has 0 saturated carbocycles. The second-order valence-corrected chi connectivity index (χ2v) is 6.20. The highest BCUT2D eigenvalue weighted by Crippen LogP contribution is 2.21. The molecule has 0 atom stereocenters. The predicted octanol–water partition coefficient (Wildman–Crippen LogP) is 3.31. The van der Waals surface area contributed by atoms with Crippen LogP contribution in [0.25, 0.3) is 0 Å². The quantitative estimate of drug-likeness (QED) is 0.647. The van der Waals surface area contributed by atoms with E-state index in [1.165, 1.54) is 0 Å². The first-order chi connectivity index (χ1) is 11.7. The van der Waals surface area contributed by atoms with Crippen molar-refractivity contribution in [3.8, 4) is 17.6 Å². The first-order valence-electron chi connectivity index (χ1n) is 7.72. The van der Waals surface area contributed by atoms with Gasteiger partial charge in [0, 0.05) is 10.6 Å². The van der Waals surface area contributed by atoms with Crippen LogP contribution in [-0.4, -0.2) is 29.8 Å². The molecule has 0 aliphatic carbocycles. The molecule has 24 heavy (non-hydrogen) atoms. The topological polar surface area (TPSA) is 51.2 Å². The van der Waals surface area contributed by atoms with Crippen LogP contribution in [0.15, 0.2) is 47.5 Å². The largest absolute Gasteiger partial charge is 0.479 e. The van der Waals surface area contributed by atoms with Crippen LogP contribution >= 0.6 is 11.8 Å². The standard InChI is InChI=1S/C19H20N2O2S/c1-3-24-18-9-5-4-8-17(18)19(22)20-12-6-7-13-23-16-11-10-15(2)21-14-16/h4-5,8-11,14H,3,12-13H2,1-2H3,(H,20,22). The molecule has 1 aromatic heterocycles. The van der Waals surface area contributed by atoms with Crippen molar-refractivity contribution in [2.24, 2.45) is 0 Å². The molecule has 4 nitrogen and oxygen atoms in total. The monoisotopic (exact) mass is 340 g/mol. The summed E-state index contributed by atoms with van der Waals surface area (Å²) in [6.45, 7) is 4.54. The second-order valence-electron chi connectivity index (χ2n) is 4.89. The Hall–Kier alpha value is -2.45. The number of nitrogens with one attached hydrogen (secondary N) is 1. The van der Waals surface area contributed by atoms with Gasteiger partial charge < -0.3 is 10.1 Å². The minimum atomic E-state index is -0.107. The molecule has 0 unspecified atom stereocenters. The van der Waals surface area contributed by atoms with Gasteiger partial charge in [-0.2, -0.15) is 0 Å². The number of aryl methyl sites for hydroxylation is 1. The first kappa shape index (κ1) is 17.9. The fourth-order valence-corrected chi connectivity index (χ4v) is 2.73. The molecule has 1 aromatic carbocycles. The van der Waals surface area contributed by atoms with Gasteiger partial charge in [-0.15, -0.1) is 11.8 Å². The van der Waals surface area contributed by atoms with Crippen molar-refractivity contribution in [3.05, 3.63) is 53.9 Å². The first-order valence-corrected chi connectivity index (χ1v) is 8.70. The lowest BCUT2D eigenvalue weighted by atomic mass is 10.2. The summed E-state index contributed by atoms with van der Waals surface area (Å²) >= 11 is 1.65. The predicted molar refractivity (Wildman–Crippen MR) is 97.4 cm³/mol. The lowest BCUT2D eigenvalue weighted by molar-refractivity contribution is 0.0956. The molecule has 1 N–H and O–H groups in total. The molecular weight excluding hydrogens is 320 g/mol. The maximum atomic E-state index is 12.2. The van der Waals surface area contributed by atoms with Gasteiger partial charge in [-0.05, 0) is 36.9 Å². The summed E-state index contributed by atoms with van der Waals surface area (Å²) in [6, 6.07) is 11.3. The number of ether oxygens (including phenoxy) is 1. The van der Waals surface area contributed by atoms with Crippen LogP contribution in [0.2, 0.25) is 0 Å². The number of nitrogens with zero attached hydrogens (tertiary/aromatic N) is 1. The molecule has 0 saturated heterocycles. The zero-order valence-electron chi connectivity index (χ0n) is 13.8. The molecule has 124 valence electrons. The van der Waals surface area contributed by atoms with Gasteiger partial charge in [0.2, 0.25) is 0 Å². The Morgan fingerprint density at radius 3 is 2.83 bits per heavy atom. The van der Waals surface area contributed by atoms with E-state index in [0.717, 1.165) is 16.3 Å². The zero-order chi connectivity index (χ0) is 17.2. The summed E-state index contributed by atoms with van der Waals surface area (Å²) < 4.78 is 5.45. The van der Waals surface area contributed by atoms with Crippen molar-refractivity contribution >= 4 is 17.7 Å². The third-order valence-electron chi connectivity index (χ3n) is 3.09. The van der Waals surface area contributed by atoms with Gasteiger partial charge in [-0.3, -0.25) is 9.78 Å². The van der Waals surface area contributed by atoms with Gasteiger partial charge in [0.15, 0.2) is 0 Å². The van der Waals surface area contributed by atoms with E-state index in [-0.39, 0.29) is 12.5 Å². The Balaban J connectivity index is 1.78. The van der Waals surface area contributed by atoms with E-state index in [4.69, 9.17) is 4.74 Å². The summed E-state index contributed by atoms with van der Waals surface area (Å²) in [5.74, 6) is 7.26. The van der Waals surface area contributed by atoms with Crippen LogP contribution in [0.1, 0.15) is 23.0 Å². The van der Waals surface area contributed by atoms with Crippen LogP contribution in [-0.2, 0) is 0 Å². The van der Waals surface area contributed by atoms with Crippen LogP contribution in [0, 0.1) is 18.8 Å². The van der Waals surface area contributed by atoms with E-state index < -0.39 is 0 Å². The minimum Gasteiger partial charge on any atom is -0.479 e. The van der Waals surface area contributed by atoms with Crippen molar-refractivity contribution in [1.82, 2.24) is 10.3 Å². The number of aromatic nitrogens is 1. The van der Waals surface area contributed by atoms with Gasteiger partial charge >= 0.3 is 0 Å². The average Bonchev–Trinajstić information content (AvgIpc) is 2.60. The fraction of sp³-hybridized carbons (Fsp3) is 0.263. The van der Waals surface area contributed by atoms with E-state index in [0.29, 0.717) is 17.9 Å². The Kier molecular flexibility index (Phi) is 7.19. The highest BCUT2D eigenvalue weighted by Gasteiger charge is 2.09. The van der Waals surface area contributed by atoms with Crippen LogP contribution in [0.4, 0.5) is 0 Å². The molecule has 0 aliphatic heterocycles. The molecule has 5 heteroatoms. The van der Waals surface area contributed by atoms with Gasteiger partial charge in [0.25, 0.3) is 5.91 Å². The van der Waals surface area contributed by atoms with Crippen LogP contribution in [0.5, 0.6) is 5.75 Å². The maximum absolute atomic E-state index is 12.2. The van der Waals surface area contributed by atoms with Crippen molar-refractivity contribution in [3.63, 3.8) is 0 Å². The van der Waals surface area contributed by atoms with Gasteiger partial charge in [-0.25, -0.2) is 0 Å². The van der Waals surface area contributed by atoms with Gasteiger partial charge in [-0.1, -0.05) is 30.9 Å². The van der Waals surface area contributed by atoms with Crippen molar-refractivity contribution in [1.29, 1.82) is 0 Å². The van der Waals surface area contributed by atoms with Crippen LogP contribution in [0.3, 0.4) is 0 Å². The van der Waals surface area contributed by atoms with E-state index in [9.17, 15) is 4.79 Å². The third kappa shape index (κ3) is 5.64. The van der Waals surface area contributed by atoms with E-state index in [1.54, 1.807) is 18.0 Å². The number of pyridine rings is 1. The molecule has 0 radical (unpaired) electrons. The van der Waals surface area contributed by atoms with Crippen molar-refractivity contribution in [2.45, 2.75) is 18.7 Å². The Labute approximate surface area is 147 Å². The average molecular weight is 340 g/mol. The number of amides is 1. The highest BCUT2D eigenvalue weighted by molar-refractivity contribution is 7.99. The Morgan fingerprint density at radius 1 is 1.25 bits per heavy atom. The normalized spacial score (nSPS) is 9.75.